The van der Waals surface area contributed by atoms with Crippen LogP contribution in [0.4, 0.5) is 4.39 Å². The number of benzene rings is 1. The van der Waals surface area contributed by atoms with Gasteiger partial charge in [-0.05, 0) is 36.0 Å². The van der Waals surface area contributed by atoms with Crippen molar-refractivity contribution >= 4 is 17.5 Å². The summed E-state index contributed by atoms with van der Waals surface area (Å²) in [4.78, 5) is 12.0. The Morgan fingerprint density at radius 3 is 2.35 bits per heavy atom. The van der Waals surface area contributed by atoms with Gasteiger partial charge in [0.05, 0.1) is 6.04 Å². The standard InChI is InChI=1S/C16H23ClFNO/c1-16(2,3)15(12-7-9-13(18)10-8-12)19-14(20)6-4-5-11-17/h7-10,15H,4-6,11H2,1-3H3,(H,19,20). The number of nitrogens with one attached hydrogen (secondary N) is 1. The van der Waals surface area contributed by atoms with Crippen LogP contribution in [0.1, 0.15) is 51.6 Å². The van der Waals surface area contributed by atoms with Gasteiger partial charge >= 0.3 is 0 Å². The third-order valence-electron chi connectivity index (χ3n) is 3.16. The number of halogens is 2. The number of amides is 1. The van der Waals surface area contributed by atoms with E-state index in [4.69, 9.17) is 11.6 Å². The molecule has 4 heteroatoms. The summed E-state index contributed by atoms with van der Waals surface area (Å²) in [6.45, 7) is 6.17. The fraction of sp³-hybridized carbons (Fsp3) is 0.562. The lowest BCUT2D eigenvalue weighted by Gasteiger charge is -2.32. The maximum atomic E-state index is 13.0. The second kappa shape index (κ2) is 7.63. The van der Waals surface area contributed by atoms with Crippen molar-refractivity contribution in [2.75, 3.05) is 5.88 Å². The highest BCUT2D eigenvalue weighted by atomic mass is 35.5. The van der Waals surface area contributed by atoms with Crippen molar-refractivity contribution in [2.24, 2.45) is 5.41 Å². The number of carbonyl (C=O) groups is 1. The first-order chi connectivity index (χ1) is 9.34. The Labute approximate surface area is 125 Å². The molecule has 0 aliphatic carbocycles. The van der Waals surface area contributed by atoms with Crippen LogP contribution in [0.2, 0.25) is 0 Å². The summed E-state index contributed by atoms with van der Waals surface area (Å²) in [5.41, 5.74) is 0.782. The van der Waals surface area contributed by atoms with E-state index in [1.807, 2.05) is 0 Å². The predicted molar refractivity (Wildman–Crippen MR) is 81.3 cm³/mol. The highest BCUT2D eigenvalue weighted by Gasteiger charge is 2.27. The average Bonchev–Trinajstić information content (AvgIpc) is 2.36. The molecule has 0 saturated carbocycles. The minimum Gasteiger partial charge on any atom is -0.349 e. The fourth-order valence-electron chi connectivity index (χ4n) is 2.07. The van der Waals surface area contributed by atoms with Gasteiger partial charge in [0.2, 0.25) is 5.91 Å². The third-order valence-corrected chi connectivity index (χ3v) is 3.43. The molecule has 0 bridgehead atoms. The van der Waals surface area contributed by atoms with Crippen LogP contribution in [0.15, 0.2) is 24.3 Å². The lowest BCUT2D eigenvalue weighted by molar-refractivity contribution is -0.122. The van der Waals surface area contributed by atoms with Crippen LogP contribution in [-0.2, 0) is 4.79 Å². The molecule has 0 aliphatic rings. The molecule has 112 valence electrons. The molecule has 20 heavy (non-hydrogen) atoms. The van der Waals surface area contributed by atoms with E-state index in [0.29, 0.717) is 12.3 Å². The molecule has 0 saturated heterocycles. The molecule has 0 radical (unpaired) electrons. The van der Waals surface area contributed by atoms with E-state index in [9.17, 15) is 9.18 Å². The molecule has 1 atom stereocenters. The van der Waals surface area contributed by atoms with E-state index in [1.54, 1.807) is 12.1 Å². The second-order valence-electron chi connectivity index (χ2n) is 6.06. The number of hydrogen-bond acceptors (Lipinski definition) is 1. The zero-order valence-corrected chi connectivity index (χ0v) is 13.1. The molecular formula is C16H23ClFNO. The summed E-state index contributed by atoms with van der Waals surface area (Å²) < 4.78 is 13.0. The Hall–Kier alpha value is -1.09. The third kappa shape index (κ3) is 5.49. The SMILES string of the molecule is CC(C)(C)C(NC(=O)CCCCCl)c1ccc(F)cc1. The lowest BCUT2D eigenvalue weighted by atomic mass is 9.82. The molecule has 0 aromatic heterocycles. The summed E-state index contributed by atoms with van der Waals surface area (Å²) >= 11 is 5.61. The second-order valence-corrected chi connectivity index (χ2v) is 6.44. The molecule has 2 nitrogen and oxygen atoms in total. The smallest absolute Gasteiger partial charge is 0.220 e. The largest absolute Gasteiger partial charge is 0.349 e. The molecule has 1 aromatic carbocycles. The van der Waals surface area contributed by atoms with E-state index in [0.717, 1.165) is 18.4 Å². The maximum Gasteiger partial charge on any atom is 0.220 e. The van der Waals surface area contributed by atoms with Gasteiger partial charge in [-0.25, -0.2) is 4.39 Å². The Bertz CT molecular complexity index is 425. The van der Waals surface area contributed by atoms with Crippen molar-refractivity contribution in [3.8, 4) is 0 Å². The summed E-state index contributed by atoms with van der Waals surface area (Å²) in [5.74, 6) is 0.322. The van der Waals surface area contributed by atoms with Crippen LogP contribution in [0.5, 0.6) is 0 Å². The first kappa shape index (κ1) is 17.0. The van der Waals surface area contributed by atoms with E-state index < -0.39 is 0 Å². The molecule has 1 N–H and O–H groups in total. The molecule has 1 rings (SSSR count). The molecule has 1 unspecified atom stereocenters. The first-order valence-electron chi connectivity index (χ1n) is 6.95. The lowest BCUT2D eigenvalue weighted by Crippen LogP contribution is -2.36. The number of hydrogen-bond donors (Lipinski definition) is 1. The van der Waals surface area contributed by atoms with E-state index in [2.05, 4.69) is 26.1 Å². The Morgan fingerprint density at radius 2 is 1.85 bits per heavy atom. The van der Waals surface area contributed by atoms with E-state index in [-0.39, 0.29) is 23.2 Å². The quantitative estimate of drug-likeness (QED) is 0.611. The number of unbranched alkanes of at least 4 members (excludes halogenated alkanes) is 1. The van der Waals surface area contributed by atoms with Gasteiger partial charge in [-0.15, -0.1) is 11.6 Å². The fourth-order valence-corrected chi connectivity index (χ4v) is 2.26. The van der Waals surface area contributed by atoms with Gasteiger partial charge in [0.1, 0.15) is 5.82 Å². The van der Waals surface area contributed by atoms with Crippen LogP contribution in [0, 0.1) is 11.2 Å². The summed E-state index contributed by atoms with van der Waals surface area (Å²) in [5, 5.41) is 3.05. The van der Waals surface area contributed by atoms with Crippen LogP contribution in [-0.4, -0.2) is 11.8 Å². The Balaban J connectivity index is 2.76. The summed E-state index contributed by atoms with van der Waals surface area (Å²) in [7, 11) is 0. The predicted octanol–water partition coefficient (Wildman–Crippen LogP) is 4.44. The number of rotatable bonds is 6. The highest BCUT2D eigenvalue weighted by Crippen LogP contribution is 2.32. The summed E-state index contributed by atoms with van der Waals surface area (Å²) in [6, 6.07) is 6.17. The zero-order valence-electron chi connectivity index (χ0n) is 12.4. The molecule has 0 heterocycles. The molecular weight excluding hydrogens is 277 g/mol. The minimum atomic E-state index is -0.269. The van der Waals surface area contributed by atoms with Crippen LogP contribution in [0.25, 0.3) is 0 Å². The maximum absolute atomic E-state index is 13.0. The van der Waals surface area contributed by atoms with Crippen molar-refractivity contribution in [3.63, 3.8) is 0 Å². The molecule has 1 aromatic rings. The molecule has 0 fully saturated rings. The van der Waals surface area contributed by atoms with Crippen LogP contribution >= 0.6 is 11.6 Å². The van der Waals surface area contributed by atoms with Gasteiger partial charge in [0.25, 0.3) is 0 Å². The zero-order chi connectivity index (χ0) is 15.2. The van der Waals surface area contributed by atoms with Crippen LogP contribution < -0.4 is 5.32 Å². The van der Waals surface area contributed by atoms with Gasteiger partial charge < -0.3 is 5.32 Å². The molecule has 0 spiro atoms. The van der Waals surface area contributed by atoms with Crippen molar-refractivity contribution in [1.29, 1.82) is 0 Å². The Kier molecular flexibility index (Phi) is 6.47. The topological polar surface area (TPSA) is 29.1 Å². The van der Waals surface area contributed by atoms with Gasteiger partial charge in [-0.2, -0.15) is 0 Å². The molecule has 1 amide bonds. The van der Waals surface area contributed by atoms with Gasteiger partial charge in [0, 0.05) is 12.3 Å². The van der Waals surface area contributed by atoms with Crippen molar-refractivity contribution in [2.45, 2.75) is 46.1 Å². The highest BCUT2D eigenvalue weighted by molar-refractivity contribution is 6.17. The number of carbonyl (C=O) groups excluding carboxylic acids is 1. The molecule has 0 aliphatic heterocycles. The van der Waals surface area contributed by atoms with Crippen LogP contribution in [0.3, 0.4) is 0 Å². The van der Waals surface area contributed by atoms with Gasteiger partial charge in [0.15, 0.2) is 0 Å². The Morgan fingerprint density at radius 1 is 1.25 bits per heavy atom. The first-order valence-corrected chi connectivity index (χ1v) is 7.49. The van der Waals surface area contributed by atoms with Crippen molar-refractivity contribution in [1.82, 2.24) is 5.32 Å². The van der Waals surface area contributed by atoms with E-state index in [1.165, 1.54) is 12.1 Å². The van der Waals surface area contributed by atoms with E-state index >= 15 is 0 Å². The van der Waals surface area contributed by atoms with Gasteiger partial charge in [-0.3, -0.25) is 4.79 Å². The number of alkyl halides is 1. The minimum absolute atomic E-state index is 0.0133. The average molecular weight is 300 g/mol. The monoisotopic (exact) mass is 299 g/mol. The normalized spacial score (nSPS) is 13.1. The van der Waals surface area contributed by atoms with Gasteiger partial charge in [-0.1, -0.05) is 32.9 Å². The summed E-state index contributed by atoms with van der Waals surface area (Å²) in [6.07, 6.45) is 2.10. The van der Waals surface area contributed by atoms with Crippen molar-refractivity contribution < 1.29 is 9.18 Å². The van der Waals surface area contributed by atoms with Crippen molar-refractivity contribution in [3.05, 3.63) is 35.6 Å².